The fraction of sp³-hybridized carbons (Fsp3) is 0.300. The van der Waals surface area contributed by atoms with Gasteiger partial charge in [-0.15, -0.1) is 0 Å². The molecular formula is C10H10FNO2. The Morgan fingerprint density at radius 1 is 1.50 bits per heavy atom. The average molecular weight is 195 g/mol. The first kappa shape index (κ1) is 10.5. The van der Waals surface area contributed by atoms with Crippen molar-refractivity contribution in [2.24, 2.45) is 0 Å². The standard InChI is InChI=1S/C10H10FNO2/c1-13-7-14-10-6-8(4-5-12)2-3-9(10)11/h2-3,6H,4,7H2,1H3. The Bertz CT molecular complexity index is 346. The Hall–Kier alpha value is -1.60. The maximum absolute atomic E-state index is 13.1. The van der Waals surface area contributed by atoms with Crippen molar-refractivity contribution in [2.45, 2.75) is 6.42 Å². The Labute approximate surface area is 81.7 Å². The summed E-state index contributed by atoms with van der Waals surface area (Å²) in [6.07, 6.45) is 0.240. The summed E-state index contributed by atoms with van der Waals surface area (Å²) in [5, 5.41) is 8.45. The summed E-state index contributed by atoms with van der Waals surface area (Å²) >= 11 is 0. The SMILES string of the molecule is COCOc1cc(CC#N)ccc1F. The first-order chi connectivity index (χ1) is 6.77. The predicted octanol–water partition coefficient (Wildman–Crippen LogP) is 1.87. The lowest BCUT2D eigenvalue weighted by Gasteiger charge is -2.06. The zero-order chi connectivity index (χ0) is 10.4. The molecule has 1 rings (SSSR count). The highest BCUT2D eigenvalue weighted by Crippen LogP contribution is 2.18. The second kappa shape index (κ2) is 5.20. The number of rotatable bonds is 4. The fourth-order valence-corrected chi connectivity index (χ4v) is 0.982. The third-order valence-electron chi connectivity index (χ3n) is 1.61. The molecule has 0 aliphatic heterocycles. The quantitative estimate of drug-likeness (QED) is 0.689. The van der Waals surface area contributed by atoms with Crippen LogP contribution in [-0.2, 0) is 11.2 Å². The van der Waals surface area contributed by atoms with Gasteiger partial charge in [-0.2, -0.15) is 5.26 Å². The van der Waals surface area contributed by atoms with Crippen LogP contribution in [0.25, 0.3) is 0 Å². The van der Waals surface area contributed by atoms with Crippen molar-refractivity contribution >= 4 is 0 Å². The van der Waals surface area contributed by atoms with E-state index in [1.807, 2.05) is 6.07 Å². The molecule has 0 N–H and O–H groups in total. The van der Waals surface area contributed by atoms with Crippen LogP contribution in [0.15, 0.2) is 18.2 Å². The Kier molecular flexibility index (Phi) is 3.89. The first-order valence-electron chi connectivity index (χ1n) is 4.05. The van der Waals surface area contributed by atoms with Crippen LogP contribution in [0.3, 0.4) is 0 Å². The van der Waals surface area contributed by atoms with Crippen LogP contribution in [-0.4, -0.2) is 13.9 Å². The fourth-order valence-electron chi connectivity index (χ4n) is 0.982. The van der Waals surface area contributed by atoms with Crippen molar-refractivity contribution in [2.75, 3.05) is 13.9 Å². The van der Waals surface area contributed by atoms with E-state index in [2.05, 4.69) is 4.74 Å². The molecular weight excluding hydrogens is 185 g/mol. The Balaban J connectivity index is 2.80. The van der Waals surface area contributed by atoms with E-state index in [-0.39, 0.29) is 19.0 Å². The van der Waals surface area contributed by atoms with Gasteiger partial charge in [-0.1, -0.05) is 6.07 Å². The molecule has 0 unspecified atom stereocenters. The molecule has 0 spiro atoms. The molecule has 1 aromatic carbocycles. The van der Waals surface area contributed by atoms with Crippen molar-refractivity contribution in [1.29, 1.82) is 5.26 Å². The van der Waals surface area contributed by atoms with E-state index >= 15 is 0 Å². The molecule has 14 heavy (non-hydrogen) atoms. The largest absolute Gasteiger partial charge is 0.464 e. The van der Waals surface area contributed by atoms with E-state index in [1.165, 1.54) is 19.2 Å². The van der Waals surface area contributed by atoms with Crippen LogP contribution >= 0.6 is 0 Å². The molecule has 74 valence electrons. The molecule has 0 aromatic heterocycles. The second-order valence-electron chi connectivity index (χ2n) is 2.65. The lowest BCUT2D eigenvalue weighted by atomic mass is 10.1. The van der Waals surface area contributed by atoms with Gasteiger partial charge in [0.1, 0.15) is 0 Å². The van der Waals surface area contributed by atoms with Gasteiger partial charge in [0, 0.05) is 7.11 Å². The van der Waals surface area contributed by atoms with Crippen LogP contribution in [0.4, 0.5) is 4.39 Å². The van der Waals surface area contributed by atoms with E-state index in [0.29, 0.717) is 0 Å². The summed E-state index contributed by atoms with van der Waals surface area (Å²) < 4.78 is 22.7. The Morgan fingerprint density at radius 2 is 2.29 bits per heavy atom. The van der Waals surface area contributed by atoms with Gasteiger partial charge >= 0.3 is 0 Å². The van der Waals surface area contributed by atoms with Crippen molar-refractivity contribution in [1.82, 2.24) is 0 Å². The smallest absolute Gasteiger partial charge is 0.188 e. The molecule has 3 nitrogen and oxygen atoms in total. The van der Waals surface area contributed by atoms with E-state index in [9.17, 15) is 4.39 Å². The maximum atomic E-state index is 13.1. The molecule has 4 heteroatoms. The molecule has 0 saturated carbocycles. The van der Waals surface area contributed by atoms with Crippen LogP contribution in [0.1, 0.15) is 5.56 Å². The van der Waals surface area contributed by atoms with Gasteiger partial charge in [0.25, 0.3) is 0 Å². The van der Waals surface area contributed by atoms with Gasteiger partial charge < -0.3 is 9.47 Å². The average Bonchev–Trinajstić information content (AvgIpc) is 2.19. The molecule has 0 aliphatic rings. The van der Waals surface area contributed by atoms with Crippen LogP contribution in [0.5, 0.6) is 5.75 Å². The first-order valence-corrected chi connectivity index (χ1v) is 4.05. The zero-order valence-electron chi connectivity index (χ0n) is 7.79. The maximum Gasteiger partial charge on any atom is 0.188 e. The van der Waals surface area contributed by atoms with Crippen LogP contribution in [0.2, 0.25) is 0 Å². The van der Waals surface area contributed by atoms with Gasteiger partial charge in [0.05, 0.1) is 12.5 Å². The normalized spacial score (nSPS) is 9.50. The monoisotopic (exact) mass is 195 g/mol. The highest BCUT2D eigenvalue weighted by molar-refractivity contribution is 5.31. The summed E-state index contributed by atoms with van der Waals surface area (Å²) in [5.41, 5.74) is 0.722. The molecule has 0 saturated heterocycles. The molecule has 0 atom stereocenters. The van der Waals surface area contributed by atoms with Gasteiger partial charge in [0.15, 0.2) is 18.4 Å². The number of methoxy groups -OCH3 is 1. The number of halogens is 1. The summed E-state index contributed by atoms with van der Waals surface area (Å²) in [5.74, 6) is -0.344. The highest BCUT2D eigenvalue weighted by atomic mass is 19.1. The molecule has 0 aliphatic carbocycles. The molecule has 0 amide bonds. The Morgan fingerprint density at radius 3 is 2.93 bits per heavy atom. The van der Waals surface area contributed by atoms with Crippen LogP contribution in [0, 0.1) is 17.1 Å². The molecule has 0 radical (unpaired) electrons. The molecule has 1 aromatic rings. The number of nitriles is 1. The van der Waals surface area contributed by atoms with Crippen LogP contribution < -0.4 is 4.74 Å². The minimum atomic E-state index is -0.455. The minimum Gasteiger partial charge on any atom is -0.464 e. The van der Waals surface area contributed by atoms with E-state index in [4.69, 9.17) is 10.00 Å². The summed E-state index contributed by atoms with van der Waals surface area (Å²) in [4.78, 5) is 0. The van der Waals surface area contributed by atoms with Crippen molar-refractivity contribution < 1.29 is 13.9 Å². The minimum absolute atomic E-state index is 0.00702. The molecule has 0 heterocycles. The van der Waals surface area contributed by atoms with Gasteiger partial charge in [0.2, 0.25) is 0 Å². The third kappa shape index (κ3) is 2.71. The lowest BCUT2D eigenvalue weighted by Crippen LogP contribution is -2.01. The molecule has 0 fully saturated rings. The topological polar surface area (TPSA) is 42.2 Å². The third-order valence-corrected chi connectivity index (χ3v) is 1.61. The number of hydrogen-bond donors (Lipinski definition) is 0. The van der Waals surface area contributed by atoms with E-state index in [0.717, 1.165) is 5.56 Å². The van der Waals surface area contributed by atoms with Gasteiger partial charge in [-0.25, -0.2) is 4.39 Å². The van der Waals surface area contributed by atoms with E-state index in [1.54, 1.807) is 6.07 Å². The zero-order valence-corrected chi connectivity index (χ0v) is 7.79. The van der Waals surface area contributed by atoms with Gasteiger partial charge in [-0.3, -0.25) is 0 Å². The summed E-state index contributed by atoms with van der Waals surface area (Å²) in [7, 11) is 1.46. The van der Waals surface area contributed by atoms with Crippen molar-refractivity contribution in [3.63, 3.8) is 0 Å². The number of ether oxygens (including phenoxy) is 2. The number of nitrogens with zero attached hydrogens (tertiary/aromatic N) is 1. The van der Waals surface area contributed by atoms with Crippen molar-refractivity contribution in [3.05, 3.63) is 29.6 Å². The molecule has 0 bridgehead atoms. The predicted molar refractivity (Wildman–Crippen MR) is 48.2 cm³/mol. The van der Waals surface area contributed by atoms with Gasteiger partial charge in [-0.05, 0) is 17.7 Å². The number of hydrogen-bond acceptors (Lipinski definition) is 3. The number of benzene rings is 1. The van der Waals surface area contributed by atoms with Crippen molar-refractivity contribution in [3.8, 4) is 11.8 Å². The lowest BCUT2D eigenvalue weighted by molar-refractivity contribution is 0.0482. The van der Waals surface area contributed by atoms with E-state index < -0.39 is 5.82 Å². The summed E-state index contributed by atoms with van der Waals surface area (Å²) in [6, 6.07) is 6.30. The highest BCUT2D eigenvalue weighted by Gasteiger charge is 2.04. The second-order valence-corrected chi connectivity index (χ2v) is 2.65. The summed E-state index contributed by atoms with van der Waals surface area (Å²) in [6.45, 7) is -0.00702.